The molecule has 0 spiro atoms. The number of ether oxygens (including phenoxy) is 1. The fourth-order valence-electron chi connectivity index (χ4n) is 3.76. The molecule has 1 aliphatic heterocycles. The molecule has 2 aromatic carbocycles. The van der Waals surface area contributed by atoms with Crippen molar-refractivity contribution in [1.29, 1.82) is 0 Å². The third-order valence-electron chi connectivity index (χ3n) is 4.69. The van der Waals surface area contributed by atoms with Crippen LogP contribution in [0.1, 0.15) is 32.4 Å². The van der Waals surface area contributed by atoms with E-state index in [1.54, 1.807) is 0 Å². The molecule has 0 saturated carbocycles. The van der Waals surface area contributed by atoms with E-state index >= 15 is 0 Å². The van der Waals surface area contributed by atoms with Crippen LogP contribution in [0.5, 0.6) is 0 Å². The number of fused-ring (bicyclic) bond motifs is 1. The molecule has 1 aliphatic rings. The molecule has 2 aromatic rings. The van der Waals surface area contributed by atoms with E-state index in [-0.39, 0.29) is 24.2 Å². The Morgan fingerprint density at radius 1 is 1.17 bits per heavy atom. The van der Waals surface area contributed by atoms with Gasteiger partial charge in [-0.3, -0.25) is 4.79 Å². The van der Waals surface area contributed by atoms with E-state index in [1.165, 1.54) is 21.2 Å². The Labute approximate surface area is 143 Å². The third kappa shape index (κ3) is 3.94. The highest BCUT2D eigenvalue weighted by atomic mass is 16.5. The van der Waals surface area contributed by atoms with E-state index in [4.69, 9.17) is 4.74 Å². The molecule has 1 fully saturated rings. The zero-order chi connectivity index (χ0) is 17.1. The molecule has 1 saturated heterocycles. The number of carbonyl (C=O) groups excluding carboxylic acids is 1. The number of nitrogens with one attached hydrogen (secondary N) is 2. The summed E-state index contributed by atoms with van der Waals surface area (Å²) in [5.41, 5.74) is 1.17. The van der Waals surface area contributed by atoms with Crippen molar-refractivity contribution in [3.63, 3.8) is 0 Å². The molecule has 1 amide bonds. The molecular weight excluding hydrogens is 300 g/mol. The number of benzene rings is 2. The number of hydrogen-bond donors (Lipinski definition) is 2. The SMILES string of the molecule is C[C@@H]1C[NH+](CC(=O)N[C@@H](C)c2cccc3ccccc23)C[C@@H](C)O1. The molecule has 0 unspecified atom stereocenters. The first-order valence-electron chi connectivity index (χ1n) is 8.79. The molecule has 3 atom stereocenters. The van der Waals surface area contributed by atoms with Crippen LogP contribution in [0.15, 0.2) is 42.5 Å². The monoisotopic (exact) mass is 327 g/mol. The van der Waals surface area contributed by atoms with Gasteiger partial charge in [-0.1, -0.05) is 42.5 Å². The van der Waals surface area contributed by atoms with Crippen LogP contribution in [-0.2, 0) is 9.53 Å². The minimum atomic E-state index is -0.00103. The lowest BCUT2D eigenvalue weighted by molar-refractivity contribution is -0.907. The lowest BCUT2D eigenvalue weighted by Crippen LogP contribution is -3.16. The van der Waals surface area contributed by atoms with Gasteiger partial charge in [0.2, 0.25) is 0 Å². The van der Waals surface area contributed by atoms with Gasteiger partial charge in [-0.05, 0) is 37.1 Å². The Morgan fingerprint density at radius 3 is 2.58 bits per heavy atom. The second-order valence-electron chi connectivity index (χ2n) is 6.95. The van der Waals surface area contributed by atoms with E-state index in [0.717, 1.165) is 13.1 Å². The van der Waals surface area contributed by atoms with Crippen molar-refractivity contribution in [2.75, 3.05) is 19.6 Å². The molecular formula is C20H27N2O2+. The normalized spacial score (nSPS) is 25.4. The standard InChI is InChI=1S/C20H26N2O2/c1-14-11-22(12-15(2)24-14)13-20(23)21-16(3)18-10-6-8-17-7-4-5-9-19(17)18/h4-10,14-16H,11-13H2,1-3H3,(H,21,23)/p+1/t14-,15-,16+/m1/s1. The van der Waals surface area contributed by atoms with Gasteiger partial charge in [0.25, 0.3) is 5.91 Å². The Balaban J connectivity index is 1.65. The van der Waals surface area contributed by atoms with Crippen molar-refractivity contribution in [2.24, 2.45) is 0 Å². The first kappa shape index (κ1) is 16.9. The zero-order valence-corrected chi connectivity index (χ0v) is 14.7. The van der Waals surface area contributed by atoms with Crippen LogP contribution in [0.3, 0.4) is 0 Å². The van der Waals surface area contributed by atoms with Crippen molar-refractivity contribution >= 4 is 16.7 Å². The highest BCUT2D eigenvalue weighted by molar-refractivity contribution is 5.87. The molecule has 0 aromatic heterocycles. The van der Waals surface area contributed by atoms with Crippen LogP contribution in [0.4, 0.5) is 0 Å². The number of amides is 1. The van der Waals surface area contributed by atoms with E-state index in [0.29, 0.717) is 6.54 Å². The van der Waals surface area contributed by atoms with Gasteiger partial charge in [0, 0.05) is 0 Å². The Kier molecular flexibility index (Phi) is 5.17. The van der Waals surface area contributed by atoms with Crippen LogP contribution in [0.25, 0.3) is 10.8 Å². The summed E-state index contributed by atoms with van der Waals surface area (Å²) in [5.74, 6) is 0.103. The Hall–Kier alpha value is -1.91. The summed E-state index contributed by atoms with van der Waals surface area (Å²) in [6.07, 6.45) is 0.430. The maximum Gasteiger partial charge on any atom is 0.275 e. The molecule has 2 N–H and O–H groups in total. The Bertz CT molecular complexity index is 700. The average Bonchev–Trinajstić information content (AvgIpc) is 2.53. The topological polar surface area (TPSA) is 42.8 Å². The van der Waals surface area contributed by atoms with Gasteiger partial charge in [-0.25, -0.2) is 0 Å². The predicted molar refractivity (Wildman–Crippen MR) is 96.1 cm³/mol. The number of hydrogen-bond acceptors (Lipinski definition) is 2. The second-order valence-corrected chi connectivity index (χ2v) is 6.95. The summed E-state index contributed by atoms with van der Waals surface area (Å²) >= 11 is 0. The van der Waals surface area contributed by atoms with Gasteiger partial charge < -0.3 is 15.0 Å². The number of morpholine rings is 1. The number of carbonyl (C=O) groups is 1. The predicted octanol–water partition coefficient (Wildman–Crippen LogP) is 1.71. The summed E-state index contributed by atoms with van der Waals surface area (Å²) in [7, 11) is 0. The highest BCUT2D eigenvalue weighted by Gasteiger charge is 2.27. The molecule has 4 heteroatoms. The van der Waals surface area contributed by atoms with Crippen molar-refractivity contribution in [3.8, 4) is 0 Å². The summed E-state index contributed by atoms with van der Waals surface area (Å²) in [6, 6.07) is 14.6. The van der Waals surface area contributed by atoms with E-state index in [9.17, 15) is 4.79 Å². The summed E-state index contributed by atoms with van der Waals surface area (Å²) < 4.78 is 5.74. The summed E-state index contributed by atoms with van der Waals surface area (Å²) in [5, 5.41) is 5.57. The van der Waals surface area contributed by atoms with Crippen molar-refractivity contribution in [2.45, 2.75) is 39.0 Å². The lowest BCUT2D eigenvalue weighted by Gasteiger charge is -2.32. The fourth-order valence-corrected chi connectivity index (χ4v) is 3.76. The number of quaternary nitrogens is 1. The van der Waals surface area contributed by atoms with E-state index < -0.39 is 0 Å². The molecule has 4 nitrogen and oxygen atoms in total. The van der Waals surface area contributed by atoms with Crippen LogP contribution >= 0.6 is 0 Å². The van der Waals surface area contributed by atoms with Crippen molar-refractivity contribution in [1.82, 2.24) is 5.32 Å². The lowest BCUT2D eigenvalue weighted by atomic mass is 10.00. The summed E-state index contributed by atoms with van der Waals surface area (Å²) in [4.78, 5) is 13.8. The van der Waals surface area contributed by atoms with Gasteiger partial charge in [0.05, 0.1) is 6.04 Å². The maximum absolute atomic E-state index is 12.5. The smallest absolute Gasteiger partial charge is 0.275 e. The van der Waals surface area contributed by atoms with Gasteiger partial charge in [-0.15, -0.1) is 0 Å². The van der Waals surface area contributed by atoms with Gasteiger partial charge in [0.15, 0.2) is 6.54 Å². The quantitative estimate of drug-likeness (QED) is 0.898. The van der Waals surface area contributed by atoms with Gasteiger partial charge >= 0.3 is 0 Å². The highest BCUT2D eigenvalue weighted by Crippen LogP contribution is 2.23. The molecule has 0 aliphatic carbocycles. The molecule has 0 radical (unpaired) electrons. The minimum Gasteiger partial charge on any atom is -0.364 e. The fraction of sp³-hybridized carbons (Fsp3) is 0.450. The van der Waals surface area contributed by atoms with Gasteiger partial charge in [-0.2, -0.15) is 0 Å². The first-order chi connectivity index (χ1) is 11.5. The molecule has 1 heterocycles. The molecule has 0 bridgehead atoms. The number of rotatable bonds is 4. The van der Waals surface area contributed by atoms with Crippen LogP contribution in [0.2, 0.25) is 0 Å². The largest absolute Gasteiger partial charge is 0.364 e. The van der Waals surface area contributed by atoms with Crippen molar-refractivity contribution < 1.29 is 14.4 Å². The van der Waals surface area contributed by atoms with Gasteiger partial charge in [0.1, 0.15) is 25.3 Å². The zero-order valence-electron chi connectivity index (χ0n) is 14.7. The third-order valence-corrected chi connectivity index (χ3v) is 4.69. The van der Waals surface area contributed by atoms with E-state index in [1.807, 2.05) is 12.1 Å². The molecule has 3 rings (SSSR count). The average molecular weight is 327 g/mol. The van der Waals surface area contributed by atoms with Crippen molar-refractivity contribution in [3.05, 3.63) is 48.0 Å². The summed E-state index contributed by atoms with van der Waals surface area (Å²) in [6.45, 7) is 8.49. The first-order valence-corrected chi connectivity index (χ1v) is 8.79. The minimum absolute atomic E-state index is 0.00103. The Morgan fingerprint density at radius 2 is 1.83 bits per heavy atom. The molecule has 128 valence electrons. The van der Waals surface area contributed by atoms with E-state index in [2.05, 4.69) is 56.4 Å². The maximum atomic E-state index is 12.5. The van der Waals surface area contributed by atoms with Crippen LogP contribution in [-0.4, -0.2) is 37.7 Å². The second kappa shape index (κ2) is 7.32. The van der Waals surface area contributed by atoms with Crippen LogP contribution in [0, 0.1) is 0 Å². The van der Waals surface area contributed by atoms with Crippen LogP contribution < -0.4 is 10.2 Å². The molecule has 24 heavy (non-hydrogen) atoms.